The minimum Gasteiger partial charge on any atom is -0.236 e. The maximum Gasteiger partial charge on any atom is 0.156 e. The summed E-state index contributed by atoms with van der Waals surface area (Å²) in [5.74, 6) is 0.0799. The SMILES string of the molecule is N#CC1Cc2cn3ncnc(Cl)c3c2C1. The minimum absolute atomic E-state index is 0.0799. The molecule has 0 amide bonds. The predicted molar refractivity (Wildman–Crippen MR) is 54.5 cm³/mol. The highest BCUT2D eigenvalue weighted by Crippen LogP contribution is 2.32. The molecule has 1 aliphatic carbocycles. The van der Waals surface area contributed by atoms with Gasteiger partial charge in [-0.15, -0.1) is 0 Å². The highest BCUT2D eigenvalue weighted by molar-refractivity contribution is 6.32. The van der Waals surface area contributed by atoms with Crippen LogP contribution in [0.1, 0.15) is 11.1 Å². The molecule has 0 saturated heterocycles. The van der Waals surface area contributed by atoms with Crippen molar-refractivity contribution in [2.45, 2.75) is 12.8 Å². The summed E-state index contributed by atoms with van der Waals surface area (Å²) in [6, 6.07) is 2.29. The third-order valence-corrected chi connectivity index (χ3v) is 3.10. The lowest BCUT2D eigenvalue weighted by atomic mass is 10.1. The van der Waals surface area contributed by atoms with Gasteiger partial charge in [-0.1, -0.05) is 11.6 Å². The molecule has 2 aromatic heterocycles. The lowest BCUT2D eigenvalue weighted by molar-refractivity contribution is 0.712. The molecule has 2 aromatic rings. The Morgan fingerprint density at radius 2 is 2.40 bits per heavy atom. The molecule has 0 spiro atoms. The van der Waals surface area contributed by atoms with Crippen LogP contribution >= 0.6 is 11.6 Å². The summed E-state index contributed by atoms with van der Waals surface area (Å²) in [6.07, 6.45) is 4.93. The van der Waals surface area contributed by atoms with E-state index in [-0.39, 0.29) is 5.92 Å². The highest BCUT2D eigenvalue weighted by atomic mass is 35.5. The molecule has 5 heteroatoms. The van der Waals surface area contributed by atoms with Crippen LogP contribution in [-0.2, 0) is 12.8 Å². The first kappa shape index (κ1) is 8.69. The first-order chi connectivity index (χ1) is 7.29. The van der Waals surface area contributed by atoms with Crippen LogP contribution in [0.5, 0.6) is 0 Å². The fraction of sp³-hybridized carbons (Fsp3) is 0.300. The van der Waals surface area contributed by atoms with Crippen molar-refractivity contribution >= 4 is 17.1 Å². The maximum absolute atomic E-state index is 8.88. The summed E-state index contributed by atoms with van der Waals surface area (Å²) >= 11 is 6.02. The van der Waals surface area contributed by atoms with Crippen LogP contribution in [0.2, 0.25) is 5.15 Å². The van der Waals surface area contributed by atoms with E-state index in [1.54, 1.807) is 4.52 Å². The van der Waals surface area contributed by atoms with Crippen LogP contribution in [0.15, 0.2) is 12.5 Å². The van der Waals surface area contributed by atoms with Crippen LogP contribution in [0.4, 0.5) is 0 Å². The quantitative estimate of drug-likeness (QED) is 0.675. The van der Waals surface area contributed by atoms with Crippen molar-refractivity contribution in [1.82, 2.24) is 14.6 Å². The Bertz CT molecular complexity index is 581. The van der Waals surface area contributed by atoms with Crippen molar-refractivity contribution < 1.29 is 0 Å². The fourth-order valence-corrected chi connectivity index (χ4v) is 2.41. The molecular formula is C10H7ClN4. The van der Waals surface area contributed by atoms with E-state index in [0.717, 1.165) is 23.9 Å². The smallest absolute Gasteiger partial charge is 0.156 e. The second-order valence-electron chi connectivity index (χ2n) is 3.71. The topological polar surface area (TPSA) is 54.0 Å². The van der Waals surface area contributed by atoms with Gasteiger partial charge in [-0.25, -0.2) is 9.50 Å². The summed E-state index contributed by atoms with van der Waals surface area (Å²) in [6.45, 7) is 0. The van der Waals surface area contributed by atoms with Gasteiger partial charge in [0.2, 0.25) is 0 Å². The third kappa shape index (κ3) is 1.13. The number of rotatable bonds is 0. The average Bonchev–Trinajstić information content (AvgIpc) is 2.73. The minimum atomic E-state index is 0.0799. The molecule has 1 atom stereocenters. The largest absolute Gasteiger partial charge is 0.236 e. The van der Waals surface area contributed by atoms with Crippen molar-refractivity contribution in [1.29, 1.82) is 5.26 Å². The Morgan fingerprint density at radius 3 is 3.20 bits per heavy atom. The number of halogens is 1. The van der Waals surface area contributed by atoms with Gasteiger partial charge >= 0.3 is 0 Å². The molecule has 74 valence electrons. The van der Waals surface area contributed by atoms with Gasteiger partial charge in [-0.3, -0.25) is 0 Å². The molecule has 0 aliphatic heterocycles. The molecule has 0 bridgehead atoms. The molecule has 0 saturated carbocycles. The van der Waals surface area contributed by atoms with E-state index < -0.39 is 0 Å². The van der Waals surface area contributed by atoms with Gasteiger partial charge in [0.15, 0.2) is 5.15 Å². The van der Waals surface area contributed by atoms with Crippen molar-refractivity contribution in [2.75, 3.05) is 0 Å². The Balaban J connectivity index is 2.27. The van der Waals surface area contributed by atoms with Crippen molar-refractivity contribution in [2.24, 2.45) is 5.92 Å². The average molecular weight is 219 g/mol. The van der Waals surface area contributed by atoms with Crippen LogP contribution in [-0.4, -0.2) is 14.6 Å². The Labute approximate surface area is 91.1 Å². The predicted octanol–water partition coefficient (Wildman–Crippen LogP) is 1.62. The summed E-state index contributed by atoms with van der Waals surface area (Å²) in [7, 11) is 0. The molecule has 1 aliphatic rings. The molecule has 0 aromatic carbocycles. The Kier molecular flexibility index (Phi) is 1.70. The molecular weight excluding hydrogens is 212 g/mol. The summed E-state index contributed by atoms with van der Waals surface area (Å²) < 4.78 is 1.74. The number of nitrogens with zero attached hydrogens (tertiary/aromatic N) is 4. The number of aromatic nitrogens is 3. The molecule has 1 unspecified atom stereocenters. The lowest BCUT2D eigenvalue weighted by Gasteiger charge is -1.99. The maximum atomic E-state index is 8.88. The van der Waals surface area contributed by atoms with Gasteiger partial charge in [0.1, 0.15) is 11.8 Å². The summed E-state index contributed by atoms with van der Waals surface area (Å²) in [5, 5.41) is 13.4. The van der Waals surface area contributed by atoms with Crippen LogP contribution in [0.25, 0.3) is 5.52 Å². The number of nitriles is 1. The summed E-state index contributed by atoms with van der Waals surface area (Å²) in [4.78, 5) is 3.96. The van der Waals surface area contributed by atoms with Crippen molar-refractivity contribution in [3.05, 3.63) is 28.8 Å². The van der Waals surface area contributed by atoms with Gasteiger partial charge in [0.05, 0.1) is 12.0 Å². The van der Waals surface area contributed by atoms with Crippen LogP contribution in [0, 0.1) is 17.2 Å². The zero-order valence-electron chi connectivity index (χ0n) is 7.81. The zero-order valence-corrected chi connectivity index (χ0v) is 8.57. The second-order valence-corrected chi connectivity index (χ2v) is 4.07. The third-order valence-electron chi connectivity index (χ3n) is 2.82. The second kappa shape index (κ2) is 2.94. The first-order valence-electron chi connectivity index (χ1n) is 4.69. The van der Waals surface area contributed by atoms with Crippen molar-refractivity contribution in [3.8, 4) is 6.07 Å². The Hall–Kier alpha value is -1.60. The molecule has 15 heavy (non-hydrogen) atoms. The van der Waals surface area contributed by atoms with Crippen molar-refractivity contribution in [3.63, 3.8) is 0 Å². The van der Waals surface area contributed by atoms with E-state index in [0.29, 0.717) is 5.15 Å². The van der Waals surface area contributed by atoms with E-state index in [4.69, 9.17) is 16.9 Å². The fourth-order valence-electron chi connectivity index (χ4n) is 2.16. The number of hydrogen-bond donors (Lipinski definition) is 0. The number of hydrogen-bond acceptors (Lipinski definition) is 3. The van der Waals surface area contributed by atoms with Gasteiger partial charge in [0.25, 0.3) is 0 Å². The monoisotopic (exact) mass is 218 g/mol. The van der Waals surface area contributed by atoms with Crippen LogP contribution < -0.4 is 0 Å². The normalized spacial score (nSPS) is 19.1. The lowest BCUT2D eigenvalue weighted by Crippen LogP contribution is -1.98. The molecule has 0 N–H and O–H groups in total. The van der Waals surface area contributed by atoms with E-state index >= 15 is 0 Å². The summed E-state index contributed by atoms with van der Waals surface area (Å²) in [5.41, 5.74) is 3.16. The molecule has 3 rings (SSSR count). The van der Waals surface area contributed by atoms with E-state index in [9.17, 15) is 0 Å². The van der Waals surface area contributed by atoms with E-state index in [1.165, 1.54) is 11.9 Å². The van der Waals surface area contributed by atoms with Gasteiger partial charge < -0.3 is 0 Å². The van der Waals surface area contributed by atoms with E-state index in [1.807, 2.05) is 6.20 Å². The molecule has 0 fully saturated rings. The number of fused-ring (bicyclic) bond motifs is 3. The van der Waals surface area contributed by atoms with E-state index in [2.05, 4.69) is 16.2 Å². The van der Waals surface area contributed by atoms with Crippen LogP contribution in [0.3, 0.4) is 0 Å². The standard InChI is InChI=1S/C10H7ClN4/c11-10-9-8-2-6(3-12)1-7(8)4-15(9)14-5-13-10/h4-6H,1-2H2. The molecule has 0 radical (unpaired) electrons. The van der Waals surface area contributed by atoms with Gasteiger partial charge in [0, 0.05) is 6.20 Å². The zero-order chi connectivity index (χ0) is 10.4. The van der Waals surface area contributed by atoms with Gasteiger partial charge in [-0.2, -0.15) is 10.4 Å². The Morgan fingerprint density at radius 1 is 1.53 bits per heavy atom. The van der Waals surface area contributed by atoms with Gasteiger partial charge in [-0.05, 0) is 24.0 Å². The molecule has 4 nitrogen and oxygen atoms in total. The molecule has 2 heterocycles. The first-order valence-corrected chi connectivity index (χ1v) is 5.06. The highest BCUT2D eigenvalue weighted by Gasteiger charge is 2.26.